The third kappa shape index (κ3) is 4.62. The van der Waals surface area contributed by atoms with Crippen molar-refractivity contribution in [3.05, 3.63) is 47.7 Å². The van der Waals surface area contributed by atoms with E-state index < -0.39 is 23.3 Å². The zero-order chi connectivity index (χ0) is 30.7. The normalized spacial score (nSPS) is 41.0. The molecule has 0 radical (unpaired) electrons. The number of hydrogen-bond acceptors (Lipinski definition) is 5. The number of benzene rings is 1. The third-order valence-electron chi connectivity index (χ3n) is 12.3. The lowest BCUT2D eigenvalue weighted by Crippen LogP contribution is -2.56. The van der Waals surface area contributed by atoms with Gasteiger partial charge in [0.1, 0.15) is 0 Å². The quantitative estimate of drug-likeness (QED) is 0.0896. The van der Waals surface area contributed by atoms with Gasteiger partial charge in [0, 0.05) is 55.6 Å². The maximum Gasteiger partial charge on any atom is 0.191 e. The van der Waals surface area contributed by atoms with Gasteiger partial charge in [-0.25, -0.2) is 0 Å². The molecule has 0 saturated heterocycles. The lowest BCUT2D eigenvalue weighted by atomic mass is 9.49. The average Bonchev–Trinajstić information content (AvgIpc) is 3.49. The van der Waals surface area contributed by atoms with Crippen molar-refractivity contribution in [1.82, 2.24) is 15.6 Å². The molecule has 0 amide bonds. The lowest BCUT2D eigenvalue weighted by molar-refractivity contribution is -0.126. The number of rotatable bonds is 6. The van der Waals surface area contributed by atoms with Crippen LogP contribution in [0.25, 0.3) is 10.9 Å². The van der Waals surface area contributed by atoms with Gasteiger partial charge in [-0.15, -0.1) is 0 Å². The largest absolute Gasteiger partial charge is 0.396 e. The molecule has 4 saturated carbocycles. The number of para-hydroxylation sites is 1. The van der Waals surface area contributed by atoms with Gasteiger partial charge < -0.3 is 36.0 Å². The van der Waals surface area contributed by atoms with Crippen LogP contribution < -0.4 is 10.6 Å². The Kier molecular flexibility index (Phi) is 7.60. The van der Waals surface area contributed by atoms with Crippen molar-refractivity contribution in [2.45, 2.75) is 88.1 Å². The monoisotopic (exact) mass is 600 g/mol. The number of fused-ring (bicyclic) bond motifs is 2. The summed E-state index contributed by atoms with van der Waals surface area (Å²) in [5.41, 5.74) is 1.03. The molecule has 1 heterocycles. The highest BCUT2D eigenvalue weighted by Crippen LogP contribution is 2.70. The van der Waals surface area contributed by atoms with E-state index >= 15 is 0 Å². The van der Waals surface area contributed by atoms with Crippen LogP contribution in [0.1, 0.15) is 64.0 Å². The van der Waals surface area contributed by atoms with Gasteiger partial charge in [0.25, 0.3) is 0 Å². The van der Waals surface area contributed by atoms with Crippen LogP contribution >= 0.6 is 0 Å². The summed E-state index contributed by atoms with van der Waals surface area (Å²) >= 11 is 0. The first-order valence-corrected chi connectivity index (χ1v) is 16.7. The van der Waals surface area contributed by atoms with Crippen LogP contribution in [0.4, 0.5) is 0 Å². The van der Waals surface area contributed by atoms with E-state index in [2.05, 4.69) is 68.9 Å². The second-order valence-electron chi connectivity index (χ2n) is 14.4. The van der Waals surface area contributed by atoms with Crippen molar-refractivity contribution in [3.8, 4) is 11.8 Å². The minimum Gasteiger partial charge on any atom is -0.396 e. The highest BCUT2D eigenvalue weighted by molar-refractivity contribution is 5.81. The van der Waals surface area contributed by atoms with E-state index in [1.54, 1.807) is 7.05 Å². The maximum absolute atomic E-state index is 12.7. The minimum absolute atomic E-state index is 0.0831. The van der Waals surface area contributed by atoms with Crippen molar-refractivity contribution >= 4 is 16.9 Å². The first-order chi connectivity index (χ1) is 21.2. The second-order valence-corrected chi connectivity index (χ2v) is 14.4. The molecule has 8 heteroatoms. The summed E-state index contributed by atoms with van der Waals surface area (Å²) in [4.78, 5) is 8.05. The third-order valence-corrected chi connectivity index (χ3v) is 12.3. The van der Waals surface area contributed by atoms with E-state index in [1.807, 2.05) is 6.92 Å². The van der Waals surface area contributed by atoms with Crippen molar-refractivity contribution < 1.29 is 20.4 Å². The van der Waals surface area contributed by atoms with Crippen molar-refractivity contribution in [1.29, 1.82) is 0 Å². The van der Waals surface area contributed by atoms with Gasteiger partial charge in [-0.05, 0) is 93.1 Å². The molecule has 0 aliphatic heterocycles. The summed E-state index contributed by atoms with van der Waals surface area (Å²) < 4.78 is 0. The summed E-state index contributed by atoms with van der Waals surface area (Å²) in [5, 5.41) is 53.9. The average molecular weight is 601 g/mol. The van der Waals surface area contributed by atoms with E-state index in [1.165, 1.54) is 16.7 Å². The molecule has 4 bridgehead atoms. The van der Waals surface area contributed by atoms with Crippen LogP contribution in [0.2, 0.25) is 0 Å². The summed E-state index contributed by atoms with van der Waals surface area (Å²) in [5.74, 6) is 7.71. The van der Waals surface area contributed by atoms with Gasteiger partial charge in [-0.1, -0.05) is 41.7 Å². The highest BCUT2D eigenvalue weighted by Gasteiger charge is 2.70. The Labute approximate surface area is 260 Å². The minimum atomic E-state index is -1.40. The summed E-state index contributed by atoms with van der Waals surface area (Å²) in [6.45, 7) is 2.63. The zero-order valence-electron chi connectivity index (χ0n) is 26.0. The molecule has 8 rings (SSSR count). The molecule has 8 nitrogen and oxygen atoms in total. The standard InChI is InChI=1S/C36H48N4O4/c1-34(43)25-12-14-28-32-29(34)19-31(42)36(32,44)21-26(40-33(37-2)38-15-6-16-41)13-11-23-8-5-9-24(35(23,28)20-25)18-27-17-22-7-3-4-10-30(22)39-27/h3-4,7,9-10,17,23,25-26,28-29,31-32,39,41-44H,5-6,8,12,14-16,18-21H2,1-2H3,(H2,37,38,40)/t23-,25-,26-,28-,29+,31+,32+,34-,35+,36+/m1/s1. The molecule has 1 spiro atoms. The summed E-state index contributed by atoms with van der Waals surface area (Å²) in [7, 11) is 1.70. The number of aromatic amines is 1. The number of nitrogens with one attached hydrogen (secondary N) is 3. The molecular weight excluding hydrogens is 552 g/mol. The van der Waals surface area contributed by atoms with E-state index in [0.29, 0.717) is 25.3 Å². The number of guanidine groups is 1. The smallest absolute Gasteiger partial charge is 0.191 e. The second kappa shape index (κ2) is 11.2. The first-order valence-electron chi connectivity index (χ1n) is 16.7. The Morgan fingerprint density at radius 2 is 1.95 bits per heavy atom. The number of nitrogens with zero attached hydrogens (tertiary/aromatic N) is 1. The van der Waals surface area contributed by atoms with Crippen molar-refractivity contribution in [2.75, 3.05) is 20.2 Å². The fraction of sp³-hybridized carbons (Fsp3) is 0.639. The SMILES string of the molecule is CN=C(NCCCO)N[C@@H]1C#C[C@H]2CCC=C(Cc3cc4ccccc4[nH]3)[C@]23C[C@H]2CC[C@@H]3[C@H]3[C@H](C[C@H](O)[C@@]3(O)C1)[C@]2(C)O. The predicted molar refractivity (Wildman–Crippen MR) is 172 cm³/mol. The molecule has 10 atom stereocenters. The molecule has 6 aliphatic rings. The Balaban J connectivity index is 1.34. The number of H-pyrrole nitrogens is 1. The Bertz CT molecular complexity index is 1490. The van der Waals surface area contributed by atoms with Crippen molar-refractivity contribution in [2.24, 2.45) is 40.0 Å². The van der Waals surface area contributed by atoms with Gasteiger partial charge in [0.15, 0.2) is 5.96 Å². The molecule has 6 aliphatic carbocycles. The van der Waals surface area contributed by atoms with Gasteiger partial charge in [0.05, 0.1) is 23.3 Å². The number of aliphatic hydroxyl groups excluding tert-OH is 2. The molecular formula is C36H48N4O4. The van der Waals surface area contributed by atoms with Crippen LogP contribution in [-0.4, -0.2) is 74.9 Å². The molecule has 7 N–H and O–H groups in total. The van der Waals surface area contributed by atoms with Crippen LogP contribution in [0.5, 0.6) is 0 Å². The van der Waals surface area contributed by atoms with Crippen molar-refractivity contribution in [3.63, 3.8) is 0 Å². The molecule has 1 aromatic heterocycles. The molecule has 1 aromatic carbocycles. The van der Waals surface area contributed by atoms with Gasteiger partial charge in [0.2, 0.25) is 0 Å². The predicted octanol–water partition coefficient (Wildman–Crippen LogP) is 3.27. The first kappa shape index (κ1) is 29.9. The number of aliphatic imine (C=N–C) groups is 1. The Morgan fingerprint density at radius 1 is 1.11 bits per heavy atom. The lowest BCUT2D eigenvalue weighted by Gasteiger charge is -2.55. The van der Waals surface area contributed by atoms with E-state index in [0.717, 1.165) is 44.0 Å². The number of aromatic nitrogens is 1. The summed E-state index contributed by atoms with van der Waals surface area (Å²) in [6, 6.07) is 10.2. The zero-order valence-corrected chi connectivity index (χ0v) is 26.0. The van der Waals surface area contributed by atoms with Gasteiger partial charge in [-0.3, -0.25) is 4.99 Å². The van der Waals surface area contributed by atoms with Gasteiger partial charge in [-0.2, -0.15) is 0 Å². The topological polar surface area (TPSA) is 133 Å². The summed E-state index contributed by atoms with van der Waals surface area (Å²) in [6.07, 6.45) is 8.14. The van der Waals surface area contributed by atoms with Crippen LogP contribution in [0.3, 0.4) is 0 Å². The number of aliphatic hydroxyl groups is 4. The molecule has 236 valence electrons. The Hall–Kier alpha value is -2.83. The molecule has 0 unspecified atom stereocenters. The molecule has 4 fully saturated rings. The van der Waals surface area contributed by atoms with Crippen LogP contribution in [-0.2, 0) is 6.42 Å². The number of allylic oxidation sites excluding steroid dienone is 2. The van der Waals surface area contributed by atoms with E-state index in [9.17, 15) is 20.4 Å². The maximum atomic E-state index is 12.7. The van der Waals surface area contributed by atoms with Gasteiger partial charge >= 0.3 is 0 Å². The molecule has 44 heavy (non-hydrogen) atoms. The Morgan fingerprint density at radius 3 is 2.75 bits per heavy atom. The van der Waals surface area contributed by atoms with E-state index in [-0.39, 0.29) is 48.0 Å². The van der Waals surface area contributed by atoms with E-state index in [4.69, 9.17) is 0 Å². The fourth-order valence-electron chi connectivity index (χ4n) is 10.3. The number of hydrogen-bond donors (Lipinski definition) is 7. The van der Waals surface area contributed by atoms with Crippen LogP contribution in [0.15, 0.2) is 47.0 Å². The highest BCUT2D eigenvalue weighted by atomic mass is 16.3. The fourth-order valence-corrected chi connectivity index (χ4v) is 10.3. The van der Waals surface area contributed by atoms with Crippen LogP contribution in [0, 0.1) is 46.8 Å². The molecule has 2 aromatic rings.